The van der Waals surface area contributed by atoms with Crippen molar-refractivity contribution in [1.82, 2.24) is 10.2 Å². The van der Waals surface area contributed by atoms with E-state index in [0.717, 1.165) is 26.2 Å². The van der Waals surface area contributed by atoms with E-state index in [2.05, 4.69) is 34.5 Å². The van der Waals surface area contributed by atoms with Gasteiger partial charge in [0.05, 0.1) is 19.3 Å². The molecule has 1 aliphatic heterocycles. The van der Waals surface area contributed by atoms with Gasteiger partial charge in [-0.25, -0.2) is 0 Å². The summed E-state index contributed by atoms with van der Waals surface area (Å²) < 4.78 is 11.1. The monoisotopic (exact) mass is 318 g/mol. The topological polar surface area (TPSA) is 50.8 Å². The van der Waals surface area contributed by atoms with Crippen molar-refractivity contribution in [3.05, 3.63) is 35.9 Å². The molecule has 1 atom stereocenters. The molecule has 1 heterocycles. The van der Waals surface area contributed by atoms with Crippen LogP contribution in [0.25, 0.3) is 0 Å². The first-order valence-corrected chi connectivity index (χ1v) is 8.52. The number of hydrogen-bond acceptors (Lipinski definition) is 4. The van der Waals surface area contributed by atoms with Gasteiger partial charge in [0.25, 0.3) is 0 Å². The molecule has 0 spiro atoms. The second kappa shape index (κ2) is 8.43. The molecule has 1 aliphatic carbocycles. The summed E-state index contributed by atoms with van der Waals surface area (Å²) in [6, 6.07) is 10.4. The highest BCUT2D eigenvalue weighted by Gasteiger charge is 2.23. The van der Waals surface area contributed by atoms with Crippen molar-refractivity contribution < 1.29 is 14.3 Å². The Hall–Kier alpha value is -1.43. The summed E-state index contributed by atoms with van der Waals surface area (Å²) in [4.78, 5) is 14.1. The van der Waals surface area contributed by atoms with Crippen molar-refractivity contribution in [2.24, 2.45) is 5.92 Å². The van der Waals surface area contributed by atoms with E-state index >= 15 is 0 Å². The molecule has 1 aromatic rings. The third kappa shape index (κ3) is 5.94. The van der Waals surface area contributed by atoms with E-state index in [4.69, 9.17) is 9.47 Å². The molecule has 1 saturated carbocycles. The van der Waals surface area contributed by atoms with Gasteiger partial charge in [-0.1, -0.05) is 30.3 Å². The fourth-order valence-electron chi connectivity index (χ4n) is 2.77. The molecule has 5 nitrogen and oxygen atoms in total. The van der Waals surface area contributed by atoms with E-state index in [-0.39, 0.29) is 18.6 Å². The fraction of sp³-hybridized carbons (Fsp3) is 0.611. The second-order valence-electron chi connectivity index (χ2n) is 6.48. The van der Waals surface area contributed by atoms with Crippen LogP contribution >= 0.6 is 0 Å². The zero-order valence-corrected chi connectivity index (χ0v) is 13.6. The standard InChI is InChI=1S/C18H26N2O3/c21-18(14-22-13-16-6-7-16)19-10-17-12-20(8-9-23-17)11-15-4-2-1-3-5-15/h1-5,16-17H,6-14H2,(H,19,21)/t17-/m1/s1. The molecule has 0 radical (unpaired) electrons. The van der Waals surface area contributed by atoms with E-state index in [1.807, 2.05) is 6.07 Å². The SMILES string of the molecule is O=C(COCC1CC1)NC[C@@H]1CN(Cc2ccccc2)CCO1. The lowest BCUT2D eigenvalue weighted by Crippen LogP contribution is -2.47. The van der Waals surface area contributed by atoms with Crippen LogP contribution in [0.5, 0.6) is 0 Å². The average molecular weight is 318 g/mol. The normalized spacial score (nSPS) is 22.0. The number of carbonyl (C=O) groups is 1. The van der Waals surface area contributed by atoms with Gasteiger partial charge in [-0.15, -0.1) is 0 Å². The van der Waals surface area contributed by atoms with Gasteiger partial charge in [0.2, 0.25) is 5.91 Å². The summed E-state index contributed by atoms with van der Waals surface area (Å²) in [5, 5.41) is 2.92. The van der Waals surface area contributed by atoms with Crippen LogP contribution < -0.4 is 5.32 Å². The molecule has 0 bridgehead atoms. The first kappa shape index (κ1) is 16.4. The van der Waals surface area contributed by atoms with E-state index in [0.29, 0.717) is 19.1 Å². The Balaban J connectivity index is 1.33. The molecule has 126 valence electrons. The Kier molecular flexibility index (Phi) is 6.02. The van der Waals surface area contributed by atoms with E-state index < -0.39 is 0 Å². The van der Waals surface area contributed by atoms with Crippen molar-refractivity contribution in [2.75, 3.05) is 39.5 Å². The zero-order chi connectivity index (χ0) is 15.9. The van der Waals surface area contributed by atoms with Gasteiger partial charge in [-0.3, -0.25) is 9.69 Å². The van der Waals surface area contributed by atoms with Crippen LogP contribution in [0.3, 0.4) is 0 Å². The predicted octanol–water partition coefficient (Wildman–Crippen LogP) is 1.43. The van der Waals surface area contributed by atoms with Crippen LogP contribution in [0, 0.1) is 5.92 Å². The number of amides is 1. The van der Waals surface area contributed by atoms with Gasteiger partial charge in [-0.2, -0.15) is 0 Å². The summed E-state index contributed by atoms with van der Waals surface area (Å²) in [6.45, 7) is 4.86. The predicted molar refractivity (Wildman–Crippen MR) is 88.0 cm³/mol. The Morgan fingerprint density at radius 3 is 2.91 bits per heavy atom. The highest BCUT2D eigenvalue weighted by Crippen LogP contribution is 2.28. The molecular weight excluding hydrogens is 292 g/mol. The molecule has 0 aromatic heterocycles. The third-order valence-electron chi connectivity index (χ3n) is 4.28. The Bertz CT molecular complexity index is 490. The van der Waals surface area contributed by atoms with E-state index in [9.17, 15) is 4.79 Å². The lowest BCUT2D eigenvalue weighted by Gasteiger charge is -2.33. The molecule has 1 amide bonds. The van der Waals surface area contributed by atoms with E-state index in [1.165, 1.54) is 18.4 Å². The van der Waals surface area contributed by atoms with Crippen LogP contribution in [-0.4, -0.2) is 56.4 Å². The molecule has 3 rings (SSSR count). The summed E-state index contributed by atoms with van der Waals surface area (Å²) in [6.07, 6.45) is 2.55. The van der Waals surface area contributed by atoms with Gasteiger partial charge < -0.3 is 14.8 Å². The van der Waals surface area contributed by atoms with Crippen LogP contribution in [0.4, 0.5) is 0 Å². The minimum Gasteiger partial charge on any atom is -0.374 e. The maximum Gasteiger partial charge on any atom is 0.246 e. The molecule has 2 aliphatic rings. The van der Waals surface area contributed by atoms with Crippen LogP contribution in [-0.2, 0) is 20.8 Å². The minimum atomic E-state index is -0.0468. The van der Waals surface area contributed by atoms with Gasteiger partial charge in [0.15, 0.2) is 0 Å². The Labute approximate surface area is 137 Å². The van der Waals surface area contributed by atoms with Crippen LogP contribution in [0.15, 0.2) is 30.3 Å². The maximum absolute atomic E-state index is 11.8. The van der Waals surface area contributed by atoms with Gasteiger partial charge >= 0.3 is 0 Å². The summed E-state index contributed by atoms with van der Waals surface area (Å²) in [7, 11) is 0. The molecule has 1 N–H and O–H groups in total. The molecule has 2 fully saturated rings. The van der Waals surface area contributed by atoms with Gasteiger partial charge in [-0.05, 0) is 24.3 Å². The highest BCUT2D eigenvalue weighted by atomic mass is 16.5. The van der Waals surface area contributed by atoms with Crippen molar-refractivity contribution in [3.63, 3.8) is 0 Å². The minimum absolute atomic E-state index is 0.0468. The number of nitrogens with zero attached hydrogens (tertiary/aromatic N) is 1. The van der Waals surface area contributed by atoms with Crippen molar-refractivity contribution in [1.29, 1.82) is 0 Å². The number of hydrogen-bond donors (Lipinski definition) is 1. The number of ether oxygens (including phenoxy) is 2. The van der Waals surface area contributed by atoms with E-state index in [1.54, 1.807) is 0 Å². The number of rotatable bonds is 8. The second-order valence-corrected chi connectivity index (χ2v) is 6.48. The first-order valence-electron chi connectivity index (χ1n) is 8.52. The molecule has 5 heteroatoms. The number of morpholine rings is 1. The highest BCUT2D eigenvalue weighted by molar-refractivity contribution is 5.77. The largest absolute Gasteiger partial charge is 0.374 e. The maximum atomic E-state index is 11.8. The Morgan fingerprint density at radius 1 is 1.30 bits per heavy atom. The lowest BCUT2D eigenvalue weighted by molar-refractivity contribution is -0.127. The summed E-state index contributed by atoms with van der Waals surface area (Å²) in [5.41, 5.74) is 1.31. The smallest absolute Gasteiger partial charge is 0.246 e. The van der Waals surface area contributed by atoms with Crippen LogP contribution in [0.1, 0.15) is 18.4 Å². The number of carbonyl (C=O) groups excluding carboxylic acids is 1. The van der Waals surface area contributed by atoms with Gasteiger partial charge in [0.1, 0.15) is 6.61 Å². The van der Waals surface area contributed by atoms with Crippen molar-refractivity contribution in [2.45, 2.75) is 25.5 Å². The summed E-state index contributed by atoms with van der Waals surface area (Å²) in [5.74, 6) is 0.644. The molecule has 23 heavy (non-hydrogen) atoms. The number of benzene rings is 1. The third-order valence-corrected chi connectivity index (χ3v) is 4.28. The molecule has 1 aromatic carbocycles. The van der Waals surface area contributed by atoms with Crippen molar-refractivity contribution in [3.8, 4) is 0 Å². The Morgan fingerprint density at radius 2 is 2.13 bits per heavy atom. The van der Waals surface area contributed by atoms with Crippen molar-refractivity contribution >= 4 is 5.91 Å². The average Bonchev–Trinajstić information content (AvgIpc) is 3.39. The first-order chi connectivity index (χ1) is 11.3. The molecule has 1 saturated heterocycles. The summed E-state index contributed by atoms with van der Waals surface area (Å²) >= 11 is 0. The molecular formula is C18H26N2O3. The quantitative estimate of drug-likeness (QED) is 0.788. The lowest BCUT2D eigenvalue weighted by atomic mass is 10.2. The zero-order valence-electron chi connectivity index (χ0n) is 13.6. The fourth-order valence-corrected chi connectivity index (χ4v) is 2.77. The van der Waals surface area contributed by atoms with Crippen LogP contribution in [0.2, 0.25) is 0 Å². The number of nitrogens with one attached hydrogen (secondary N) is 1. The van der Waals surface area contributed by atoms with Gasteiger partial charge in [0, 0.05) is 26.2 Å². The molecule has 0 unspecified atom stereocenters.